The highest BCUT2D eigenvalue weighted by Gasteiger charge is 2.25. The molecular formula is C15H28N4S. The van der Waals surface area contributed by atoms with Gasteiger partial charge in [0.25, 0.3) is 0 Å². The van der Waals surface area contributed by atoms with Gasteiger partial charge in [-0.1, -0.05) is 27.2 Å². The van der Waals surface area contributed by atoms with Crippen molar-refractivity contribution in [1.29, 1.82) is 0 Å². The highest BCUT2D eigenvalue weighted by Crippen LogP contribution is 2.31. The van der Waals surface area contributed by atoms with Crippen LogP contribution in [0.15, 0.2) is 6.33 Å². The molecule has 5 heteroatoms. The van der Waals surface area contributed by atoms with Crippen molar-refractivity contribution in [2.24, 2.45) is 0 Å². The topological polar surface area (TPSA) is 49.8 Å². The first kappa shape index (κ1) is 17.1. The number of thioether (sulfide) groups is 1. The Balaban J connectivity index is 2.91. The van der Waals surface area contributed by atoms with Crippen LogP contribution in [-0.2, 0) is 6.42 Å². The van der Waals surface area contributed by atoms with E-state index in [9.17, 15) is 0 Å². The van der Waals surface area contributed by atoms with E-state index in [1.807, 2.05) is 18.8 Å². The molecule has 1 aromatic heterocycles. The molecule has 0 amide bonds. The number of rotatable bonds is 9. The van der Waals surface area contributed by atoms with E-state index in [2.05, 4.69) is 47.6 Å². The number of nitrogens with one attached hydrogen (secondary N) is 2. The minimum absolute atomic E-state index is 0.286. The van der Waals surface area contributed by atoms with E-state index in [-0.39, 0.29) is 4.75 Å². The molecule has 0 aromatic carbocycles. The summed E-state index contributed by atoms with van der Waals surface area (Å²) in [5.74, 6) is 1.92. The van der Waals surface area contributed by atoms with E-state index in [1.54, 1.807) is 6.33 Å². The van der Waals surface area contributed by atoms with Crippen LogP contribution in [0.1, 0.15) is 45.6 Å². The number of anilines is 2. The number of aromatic nitrogens is 2. The minimum Gasteiger partial charge on any atom is -0.373 e. The average molecular weight is 296 g/mol. The first-order valence-electron chi connectivity index (χ1n) is 7.47. The lowest BCUT2D eigenvalue weighted by Crippen LogP contribution is -2.32. The summed E-state index contributed by atoms with van der Waals surface area (Å²) < 4.78 is 0.286. The largest absolute Gasteiger partial charge is 0.373 e. The molecular weight excluding hydrogens is 268 g/mol. The zero-order chi connectivity index (χ0) is 15.0. The maximum atomic E-state index is 4.44. The van der Waals surface area contributed by atoms with Crippen LogP contribution < -0.4 is 10.6 Å². The standard InChI is InChI=1S/C15H28N4S/c1-6-9-12-13(16-4)18-11-19-14(12)17-10-15(7-2,8-3)20-5/h11H,6-10H2,1-5H3,(H2,16,17,18,19). The third kappa shape index (κ3) is 4.01. The van der Waals surface area contributed by atoms with E-state index in [4.69, 9.17) is 0 Å². The molecule has 0 fully saturated rings. The Kier molecular flexibility index (Phi) is 7.13. The van der Waals surface area contributed by atoms with Crippen molar-refractivity contribution < 1.29 is 0 Å². The second kappa shape index (κ2) is 8.35. The van der Waals surface area contributed by atoms with Crippen LogP contribution in [-0.4, -0.2) is 34.6 Å². The van der Waals surface area contributed by atoms with E-state index in [1.165, 1.54) is 5.56 Å². The van der Waals surface area contributed by atoms with Crippen LogP contribution in [0.4, 0.5) is 11.6 Å². The van der Waals surface area contributed by atoms with Crippen LogP contribution in [0.25, 0.3) is 0 Å². The van der Waals surface area contributed by atoms with Gasteiger partial charge in [0.2, 0.25) is 0 Å². The number of hydrogen-bond acceptors (Lipinski definition) is 5. The second-order valence-electron chi connectivity index (χ2n) is 5.00. The van der Waals surface area contributed by atoms with E-state index in [0.29, 0.717) is 0 Å². The molecule has 0 saturated heterocycles. The van der Waals surface area contributed by atoms with Gasteiger partial charge in [0.1, 0.15) is 18.0 Å². The second-order valence-corrected chi connectivity index (χ2v) is 6.27. The SMILES string of the molecule is CCCc1c(NC)ncnc1NCC(CC)(CC)SC. The maximum absolute atomic E-state index is 4.44. The number of nitrogens with zero attached hydrogens (tertiary/aromatic N) is 2. The first-order chi connectivity index (χ1) is 9.66. The quantitative estimate of drug-likeness (QED) is 0.726. The van der Waals surface area contributed by atoms with Gasteiger partial charge in [-0.05, 0) is 25.5 Å². The third-order valence-electron chi connectivity index (χ3n) is 3.98. The number of hydrogen-bond donors (Lipinski definition) is 2. The van der Waals surface area contributed by atoms with Crippen LogP contribution in [0.3, 0.4) is 0 Å². The minimum atomic E-state index is 0.286. The van der Waals surface area contributed by atoms with Crippen LogP contribution in [0.5, 0.6) is 0 Å². The van der Waals surface area contributed by atoms with Crippen molar-refractivity contribution in [3.63, 3.8) is 0 Å². The highest BCUT2D eigenvalue weighted by molar-refractivity contribution is 8.00. The van der Waals surface area contributed by atoms with Gasteiger partial charge in [-0.25, -0.2) is 9.97 Å². The molecule has 0 unspecified atom stereocenters. The molecule has 20 heavy (non-hydrogen) atoms. The Morgan fingerprint density at radius 3 is 2.30 bits per heavy atom. The Morgan fingerprint density at radius 1 is 1.15 bits per heavy atom. The fourth-order valence-electron chi connectivity index (χ4n) is 2.37. The molecule has 0 aliphatic heterocycles. The molecule has 2 N–H and O–H groups in total. The van der Waals surface area contributed by atoms with Gasteiger partial charge in [-0.3, -0.25) is 0 Å². The van der Waals surface area contributed by atoms with Crippen molar-refractivity contribution in [2.75, 3.05) is 30.5 Å². The van der Waals surface area contributed by atoms with Gasteiger partial charge in [-0.15, -0.1) is 0 Å². The fraction of sp³-hybridized carbons (Fsp3) is 0.733. The van der Waals surface area contributed by atoms with Crippen LogP contribution in [0.2, 0.25) is 0 Å². The molecule has 0 aliphatic carbocycles. The van der Waals surface area contributed by atoms with E-state index >= 15 is 0 Å². The van der Waals surface area contributed by atoms with Crippen LogP contribution >= 0.6 is 11.8 Å². The normalized spacial score (nSPS) is 11.4. The van der Waals surface area contributed by atoms with Crippen molar-refractivity contribution >= 4 is 23.4 Å². The summed E-state index contributed by atoms with van der Waals surface area (Å²) in [6.45, 7) is 7.64. The molecule has 0 saturated carbocycles. The molecule has 4 nitrogen and oxygen atoms in total. The molecule has 0 atom stereocenters. The van der Waals surface area contributed by atoms with Crippen molar-refractivity contribution in [1.82, 2.24) is 9.97 Å². The predicted molar refractivity (Wildman–Crippen MR) is 90.9 cm³/mol. The predicted octanol–water partition coefficient (Wildman–Crippen LogP) is 3.80. The summed E-state index contributed by atoms with van der Waals surface area (Å²) in [5.41, 5.74) is 1.19. The molecule has 0 aliphatic rings. The summed E-state index contributed by atoms with van der Waals surface area (Å²) >= 11 is 1.94. The van der Waals surface area contributed by atoms with Crippen molar-refractivity contribution in [3.8, 4) is 0 Å². The molecule has 1 aromatic rings. The molecule has 114 valence electrons. The highest BCUT2D eigenvalue weighted by atomic mass is 32.2. The Bertz CT molecular complexity index is 397. The van der Waals surface area contributed by atoms with Gasteiger partial charge >= 0.3 is 0 Å². The molecule has 0 spiro atoms. The molecule has 0 radical (unpaired) electrons. The van der Waals surface area contributed by atoms with Gasteiger partial charge in [0.05, 0.1) is 0 Å². The van der Waals surface area contributed by atoms with Gasteiger partial charge < -0.3 is 10.6 Å². The summed E-state index contributed by atoms with van der Waals surface area (Å²) in [5, 5.41) is 6.72. The van der Waals surface area contributed by atoms with Gasteiger partial charge in [-0.2, -0.15) is 11.8 Å². The summed E-state index contributed by atoms with van der Waals surface area (Å²) in [4.78, 5) is 8.75. The Morgan fingerprint density at radius 2 is 1.80 bits per heavy atom. The van der Waals surface area contributed by atoms with E-state index in [0.717, 1.165) is 43.9 Å². The van der Waals surface area contributed by atoms with Gasteiger partial charge in [0.15, 0.2) is 0 Å². The summed E-state index contributed by atoms with van der Waals surface area (Å²) in [6.07, 6.45) is 8.22. The van der Waals surface area contributed by atoms with Gasteiger partial charge in [0, 0.05) is 23.9 Å². The lowest BCUT2D eigenvalue weighted by Gasteiger charge is -2.30. The fourth-order valence-corrected chi connectivity index (χ4v) is 3.17. The molecule has 0 bridgehead atoms. The summed E-state index contributed by atoms with van der Waals surface area (Å²) in [6, 6.07) is 0. The zero-order valence-electron chi connectivity index (χ0n) is 13.4. The Labute approximate surface area is 127 Å². The lowest BCUT2D eigenvalue weighted by atomic mass is 10.0. The molecule has 1 heterocycles. The summed E-state index contributed by atoms with van der Waals surface area (Å²) in [7, 11) is 1.91. The zero-order valence-corrected chi connectivity index (χ0v) is 14.2. The monoisotopic (exact) mass is 296 g/mol. The smallest absolute Gasteiger partial charge is 0.134 e. The van der Waals surface area contributed by atoms with Crippen LogP contribution in [0, 0.1) is 0 Å². The van der Waals surface area contributed by atoms with Crippen molar-refractivity contribution in [3.05, 3.63) is 11.9 Å². The van der Waals surface area contributed by atoms with E-state index < -0.39 is 0 Å². The maximum Gasteiger partial charge on any atom is 0.134 e. The van der Waals surface area contributed by atoms with Crippen molar-refractivity contribution in [2.45, 2.75) is 51.2 Å². The Hall–Kier alpha value is -0.970. The lowest BCUT2D eigenvalue weighted by molar-refractivity contribution is 0.573. The molecule has 1 rings (SSSR count). The first-order valence-corrected chi connectivity index (χ1v) is 8.69. The third-order valence-corrected chi connectivity index (χ3v) is 5.57. The average Bonchev–Trinajstić information content (AvgIpc) is 2.50.